The molecule has 2 aromatic rings. The zero-order chi connectivity index (χ0) is 17.5. The molecule has 134 valence electrons. The molecule has 0 radical (unpaired) electrons. The van der Waals surface area contributed by atoms with E-state index in [2.05, 4.69) is 43.3 Å². The lowest BCUT2D eigenvalue weighted by Gasteiger charge is -2.29. The molecule has 1 heteroatoms. The zero-order valence-corrected chi connectivity index (χ0v) is 15.6. The van der Waals surface area contributed by atoms with Crippen molar-refractivity contribution in [3.63, 3.8) is 0 Å². The standard InChI is InChI=1S/C24H32O/c1-2-3-4-5-19-6-10-21(11-7-19)23-14-16-24(17-15-23)22-12-8-20(18-25)9-13-22/h8-9,12-17,19,21,25H,2-7,10-11,18H2,1H3/t19-,21-. The van der Waals surface area contributed by atoms with Crippen LogP contribution in [0.25, 0.3) is 11.1 Å². The molecular formula is C24H32O. The van der Waals surface area contributed by atoms with Gasteiger partial charge in [-0.05, 0) is 59.8 Å². The average Bonchev–Trinajstić information content (AvgIpc) is 2.69. The summed E-state index contributed by atoms with van der Waals surface area (Å²) in [5, 5.41) is 9.16. The van der Waals surface area contributed by atoms with E-state index in [-0.39, 0.29) is 6.61 Å². The monoisotopic (exact) mass is 336 g/mol. The van der Waals surface area contributed by atoms with Gasteiger partial charge in [0.15, 0.2) is 0 Å². The number of benzene rings is 2. The van der Waals surface area contributed by atoms with E-state index in [0.717, 1.165) is 17.4 Å². The van der Waals surface area contributed by atoms with Crippen LogP contribution in [0.1, 0.15) is 75.3 Å². The predicted octanol–water partition coefficient (Wildman–Crippen LogP) is 6.70. The first-order valence-corrected chi connectivity index (χ1v) is 10.1. The first-order valence-electron chi connectivity index (χ1n) is 10.1. The highest BCUT2D eigenvalue weighted by Gasteiger charge is 2.21. The Balaban J connectivity index is 1.56. The van der Waals surface area contributed by atoms with E-state index < -0.39 is 0 Å². The number of unbranched alkanes of at least 4 members (excludes halogenated alkanes) is 2. The topological polar surface area (TPSA) is 20.2 Å². The van der Waals surface area contributed by atoms with Crippen LogP contribution in [0.4, 0.5) is 0 Å². The van der Waals surface area contributed by atoms with Gasteiger partial charge in [-0.3, -0.25) is 0 Å². The summed E-state index contributed by atoms with van der Waals surface area (Å²) >= 11 is 0. The molecule has 25 heavy (non-hydrogen) atoms. The van der Waals surface area contributed by atoms with E-state index in [4.69, 9.17) is 5.11 Å². The van der Waals surface area contributed by atoms with Crippen molar-refractivity contribution >= 4 is 0 Å². The van der Waals surface area contributed by atoms with Crippen molar-refractivity contribution in [1.82, 2.24) is 0 Å². The minimum atomic E-state index is 0.111. The Bertz CT molecular complexity index is 618. The van der Waals surface area contributed by atoms with Crippen molar-refractivity contribution in [2.75, 3.05) is 0 Å². The van der Waals surface area contributed by atoms with Gasteiger partial charge in [0.2, 0.25) is 0 Å². The second kappa shape index (κ2) is 9.20. The van der Waals surface area contributed by atoms with Crippen molar-refractivity contribution < 1.29 is 5.11 Å². The number of aliphatic hydroxyl groups is 1. The first kappa shape index (κ1) is 18.2. The quantitative estimate of drug-likeness (QED) is 0.558. The summed E-state index contributed by atoms with van der Waals surface area (Å²) in [5.41, 5.74) is 4.98. The fraction of sp³-hybridized carbons (Fsp3) is 0.500. The third-order valence-corrected chi connectivity index (χ3v) is 5.91. The highest BCUT2D eigenvalue weighted by Crippen LogP contribution is 2.38. The Hall–Kier alpha value is -1.60. The number of hydrogen-bond acceptors (Lipinski definition) is 1. The van der Waals surface area contributed by atoms with Crippen molar-refractivity contribution in [3.05, 3.63) is 59.7 Å². The first-order chi connectivity index (χ1) is 12.3. The molecule has 0 heterocycles. The molecule has 1 N–H and O–H groups in total. The molecule has 1 nitrogen and oxygen atoms in total. The second-order valence-electron chi connectivity index (χ2n) is 7.69. The van der Waals surface area contributed by atoms with Crippen LogP contribution >= 0.6 is 0 Å². The average molecular weight is 337 g/mol. The summed E-state index contributed by atoms with van der Waals surface area (Å²) in [4.78, 5) is 0. The highest BCUT2D eigenvalue weighted by atomic mass is 16.3. The SMILES string of the molecule is CCCCC[C@H]1CC[C@H](c2ccc(-c3ccc(CO)cc3)cc2)CC1. The molecule has 0 atom stereocenters. The van der Waals surface area contributed by atoms with Gasteiger partial charge in [-0.15, -0.1) is 0 Å². The van der Waals surface area contributed by atoms with Crippen LogP contribution < -0.4 is 0 Å². The lowest BCUT2D eigenvalue weighted by molar-refractivity contribution is 0.282. The maximum atomic E-state index is 9.16. The molecule has 0 amide bonds. The lowest BCUT2D eigenvalue weighted by atomic mass is 9.77. The van der Waals surface area contributed by atoms with E-state index in [1.54, 1.807) is 0 Å². The molecule has 1 aliphatic carbocycles. The van der Waals surface area contributed by atoms with E-state index >= 15 is 0 Å². The minimum Gasteiger partial charge on any atom is -0.392 e. The summed E-state index contributed by atoms with van der Waals surface area (Å²) in [6.45, 7) is 2.40. The van der Waals surface area contributed by atoms with Gasteiger partial charge in [-0.25, -0.2) is 0 Å². The predicted molar refractivity (Wildman–Crippen MR) is 107 cm³/mol. The largest absolute Gasteiger partial charge is 0.392 e. The van der Waals surface area contributed by atoms with Crippen LogP contribution in [0.2, 0.25) is 0 Å². The van der Waals surface area contributed by atoms with Crippen LogP contribution in [-0.4, -0.2) is 5.11 Å². The van der Waals surface area contributed by atoms with Gasteiger partial charge in [0.25, 0.3) is 0 Å². The maximum Gasteiger partial charge on any atom is 0.0681 e. The molecule has 2 aromatic carbocycles. The van der Waals surface area contributed by atoms with E-state index in [9.17, 15) is 0 Å². The molecule has 0 bridgehead atoms. The van der Waals surface area contributed by atoms with Crippen LogP contribution in [-0.2, 0) is 6.61 Å². The smallest absolute Gasteiger partial charge is 0.0681 e. The van der Waals surface area contributed by atoms with Gasteiger partial charge in [-0.1, -0.05) is 81.1 Å². The van der Waals surface area contributed by atoms with Crippen LogP contribution in [0, 0.1) is 5.92 Å². The van der Waals surface area contributed by atoms with E-state index in [0.29, 0.717) is 0 Å². The Morgan fingerprint density at radius 1 is 0.800 bits per heavy atom. The maximum absolute atomic E-state index is 9.16. The van der Waals surface area contributed by atoms with Gasteiger partial charge in [0.1, 0.15) is 0 Å². The normalized spacial score (nSPS) is 20.6. The van der Waals surface area contributed by atoms with Crippen molar-refractivity contribution in [2.45, 2.75) is 70.8 Å². The van der Waals surface area contributed by atoms with Gasteiger partial charge in [0, 0.05) is 0 Å². The Morgan fingerprint density at radius 2 is 1.40 bits per heavy atom. The van der Waals surface area contributed by atoms with Gasteiger partial charge in [-0.2, -0.15) is 0 Å². The fourth-order valence-electron chi connectivity index (χ4n) is 4.22. The van der Waals surface area contributed by atoms with Crippen molar-refractivity contribution in [1.29, 1.82) is 0 Å². The van der Waals surface area contributed by atoms with Gasteiger partial charge in [0.05, 0.1) is 6.61 Å². The van der Waals surface area contributed by atoms with E-state index in [1.165, 1.54) is 68.1 Å². The second-order valence-corrected chi connectivity index (χ2v) is 7.69. The van der Waals surface area contributed by atoms with Crippen LogP contribution in [0.5, 0.6) is 0 Å². The molecule has 0 saturated heterocycles. The van der Waals surface area contributed by atoms with Gasteiger partial charge >= 0.3 is 0 Å². The van der Waals surface area contributed by atoms with Crippen molar-refractivity contribution in [3.8, 4) is 11.1 Å². The summed E-state index contributed by atoms with van der Waals surface area (Å²) in [6.07, 6.45) is 11.2. The van der Waals surface area contributed by atoms with Crippen LogP contribution in [0.3, 0.4) is 0 Å². The third kappa shape index (κ3) is 4.95. The molecule has 3 rings (SSSR count). The molecule has 0 aromatic heterocycles. The summed E-state index contributed by atoms with van der Waals surface area (Å²) in [5.74, 6) is 1.74. The minimum absolute atomic E-state index is 0.111. The van der Waals surface area contributed by atoms with E-state index in [1.807, 2.05) is 12.1 Å². The van der Waals surface area contributed by atoms with Crippen LogP contribution in [0.15, 0.2) is 48.5 Å². The number of rotatable bonds is 7. The molecular weight excluding hydrogens is 304 g/mol. The molecule has 0 spiro atoms. The molecule has 0 unspecified atom stereocenters. The lowest BCUT2D eigenvalue weighted by Crippen LogP contribution is -2.13. The molecule has 1 aliphatic rings. The summed E-state index contributed by atoms with van der Waals surface area (Å²) in [6, 6.07) is 17.4. The summed E-state index contributed by atoms with van der Waals surface area (Å²) < 4.78 is 0. The highest BCUT2D eigenvalue weighted by molar-refractivity contribution is 5.64. The Morgan fingerprint density at radius 3 is 1.96 bits per heavy atom. The Kier molecular flexibility index (Phi) is 6.69. The molecule has 1 saturated carbocycles. The zero-order valence-electron chi connectivity index (χ0n) is 15.6. The Labute approximate surface area is 153 Å². The third-order valence-electron chi connectivity index (χ3n) is 5.91. The van der Waals surface area contributed by atoms with Crippen molar-refractivity contribution in [2.24, 2.45) is 5.92 Å². The number of aliphatic hydroxyl groups excluding tert-OH is 1. The molecule has 0 aliphatic heterocycles. The summed E-state index contributed by atoms with van der Waals surface area (Å²) in [7, 11) is 0. The fourth-order valence-corrected chi connectivity index (χ4v) is 4.22. The molecule has 1 fully saturated rings. The van der Waals surface area contributed by atoms with Gasteiger partial charge < -0.3 is 5.11 Å². The number of hydrogen-bond donors (Lipinski definition) is 1.